The average molecular weight is 291 g/mol. The van der Waals surface area contributed by atoms with E-state index in [2.05, 4.69) is 46.0 Å². The SMILES string of the molecule is CCCNc1nc2c(C)ccc(Cl)c2cc1C(C)(C)C. The number of anilines is 1. The molecule has 0 atom stereocenters. The Balaban J connectivity index is 2.71. The normalized spacial score (nSPS) is 11.9. The van der Waals surface area contributed by atoms with E-state index in [9.17, 15) is 0 Å². The lowest BCUT2D eigenvalue weighted by Gasteiger charge is -2.24. The first-order chi connectivity index (χ1) is 9.34. The Morgan fingerprint density at radius 2 is 1.95 bits per heavy atom. The van der Waals surface area contributed by atoms with E-state index >= 15 is 0 Å². The molecule has 0 radical (unpaired) electrons. The van der Waals surface area contributed by atoms with Gasteiger partial charge in [0, 0.05) is 22.5 Å². The number of aryl methyl sites for hydroxylation is 1. The maximum Gasteiger partial charge on any atom is 0.130 e. The van der Waals surface area contributed by atoms with E-state index in [1.807, 2.05) is 12.1 Å². The molecule has 0 aliphatic heterocycles. The molecule has 1 heterocycles. The molecule has 0 spiro atoms. The molecule has 2 rings (SSSR count). The summed E-state index contributed by atoms with van der Waals surface area (Å²) in [6, 6.07) is 6.17. The number of pyridine rings is 1. The standard InChI is InChI=1S/C17H23ClN2/c1-6-9-19-16-13(17(3,4)5)10-12-14(18)8-7-11(2)15(12)20-16/h7-8,10H,6,9H2,1-5H3,(H,19,20). The maximum absolute atomic E-state index is 6.35. The number of hydrogen-bond acceptors (Lipinski definition) is 2. The van der Waals surface area contributed by atoms with Gasteiger partial charge in [-0.2, -0.15) is 0 Å². The number of rotatable bonds is 3. The summed E-state index contributed by atoms with van der Waals surface area (Å²) < 4.78 is 0. The molecule has 0 fully saturated rings. The quantitative estimate of drug-likeness (QED) is 0.828. The van der Waals surface area contributed by atoms with E-state index in [1.54, 1.807) is 0 Å². The first-order valence-corrected chi connectivity index (χ1v) is 7.56. The third kappa shape index (κ3) is 2.90. The molecule has 1 aromatic heterocycles. The summed E-state index contributed by atoms with van der Waals surface area (Å²) >= 11 is 6.35. The molecule has 0 aliphatic rings. The van der Waals surface area contributed by atoms with Crippen molar-refractivity contribution in [1.29, 1.82) is 0 Å². The zero-order valence-corrected chi connectivity index (χ0v) is 13.7. The zero-order chi connectivity index (χ0) is 14.9. The molecule has 0 bridgehead atoms. The van der Waals surface area contributed by atoms with Crippen molar-refractivity contribution in [2.24, 2.45) is 0 Å². The van der Waals surface area contributed by atoms with Crippen molar-refractivity contribution in [1.82, 2.24) is 4.98 Å². The molecule has 3 heteroatoms. The van der Waals surface area contributed by atoms with Gasteiger partial charge in [-0.25, -0.2) is 4.98 Å². The number of halogens is 1. The lowest BCUT2D eigenvalue weighted by molar-refractivity contribution is 0.590. The summed E-state index contributed by atoms with van der Waals surface area (Å²) in [6.07, 6.45) is 1.08. The number of aromatic nitrogens is 1. The van der Waals surface area contributed by atoms with Gasteiger partial charge < -0.3 is 5.32 Å². The molecule has 0 saturated heterocycles. The van der Waals surface area contributed by atoms with E-state index < -0.39 is 0 Å². The summed E-state index contributed by atoms with van der Waals surface area (Å²) in [5.41, 5.74) is 3.39. The summed E-state index contributed by atoms with van der Waals surface area (Å²) in [5.74, 6) is 0.984. The minimum atomic E-state index is 0.0321. The lowest BCUT2D eigenvalue weighted by atomic mass is 9.86. The molecule has 0 amide bonds. The van der Waals surface area contributed by atoms with Crippen molar-refractivity contribution in [3.63, 3.8) is 0 Å². The number of hydrogen-bond donors (Lipinski definition) is 1. The molecule has 2 nitrogen and oxygen atoms in total. The van der Waals surface area contributed by atoms with E-state index in [-0.39, 0.29) is 5.41 Å². The second-order valence-electron chi connectivity index (χ2n) is 6.32. The number of fused-ring (bicyclic) bond motifs is 1. The average Bonchev–Trinajstić information content (AvgIpc) is 2.39. The smallest absolute Gasteiger partial charge is 0.130 e. The highest BCUT2D eigenvalue weighted by atomic mass is 35.5. The molecule has 108 valence electrons. The predicted molar refractivity (Wildman–Crippen MR) is 89.0 cm³/mol. The summed E-state index contributed by atoms with van der Waals surface area (Å²) in [4.78, 5) is 4.84. The Hall–Kier alpha value is -1.28. The van der Waals surface area contributed by atoms with Crippen LogP contribution < -0.4 is 5.32 Å². The van der Waals surface area contributed by atoms with Crippen LogP contribution in [-0.2, 0) is 5.41 Å². The first kappa shape index (κ1) is 15.1. The van der Waals surface area contributed by atoms with Gasteiger partial charge in [0.1, 0.15) is 5.82 Å². The first-order valence-electron chi connectivity index (χ1n) is 7.18. The van der Waals surface area contributed by atoms with Crippen LogP contribution >= 0.6 is 11.6 Å². The van der Waals surface area contributed by atoms with E-state index in [1.165, 1.54) is 5.56 Å². The molecule has 0 aliphatic carbocycles. The monoisotopic (exact) mass is 290 g/mol. The summed E-state index contributed by atoms with van der Waals surface area (Å²) in [6.45, 7) is 11.8. The Labute approximate surface area is 126 Å². The summed E-state index contributed by atoms with van der Waals surface area (Å²) in [7, 11) is 0. The second-order valence-corrected chi connectivity index (χ2v) is 6.73. The fourth-order valence-corrected chi connectivity index (χ4v) is 2.52. The van der Waals surface area contributed by atoms with Crippen LogP contribution in [0.25, 0.3) is 10.9 Å². The maximum atomic E-state index is 6.35. The lowest BCUT2D eigenvalue weighted by Crippen LogP contribution is -2.17. The van der Waals surface area contributed by atoms with Crippen LogP contribution in [-0.4, -0.2) is 11.5 Å². The van der Waals surface area contributed by atoms with Crippen molar-refractivity contribution in [3.05, 3.63) is 34.3 Å². The largest absolute Gasteiger partial charge is 0.370 e. The van der Waals surface area contributed by atoms with E-state index in [4.69, 9.17) is 16.6 Å². The third-order valence-corrected chi connectivity index (χ3v) is 3.81. The molecular weight excluding hydrogens is 268 g/mol. The van der Waals surface area contributed by atoms with Crippen molar-refractivity contribution in [3.8, 4) is 0 Å². The predicted octanol–water partition coefficient (Wildman–Crippen LogP) is 5.32. The van der Waals surface area contributed by atoms with Gasteiger partial charge in [0.05, 0.1) is 5.52 Å². The van der Waals surface area contributed by atoms with Gasteiger partial charge in [-0.15, -0.1) is 0 Å². The van der Waals surface area contributed by atoms with Crippen molar-refractivity contribution in [2.45, 2.75) is 46.5 Å². The van der Waals surface area contributed by atoms with Crippen LogP contribution in [0.1, 0.15) is 45.2 Å². The molecule has 2 aromatic rings. The molecule has 1 aromatic carbocycles. The van der Waals surface area contributed by atoms with Crippen LogP contribution in [0.5, 0.6) is 0 Å². The van der Waals surface area contributed by atoms with Crippen LogP contribution in [0.15, 0.2) is 18.2 Å². The molecule has 0 saturated carbocycles. The number of benzene rings is 1. The highest BCUT2D eigenvalue weighted by Gasteiger charge is 2.21. The van der Waals surface area contributed by atoms with Crippen molar-refractivity contribution >= 4 is 28.3 Å². The van der Waals surface area contributed by atoms with Crippen molar-refractivity contribution in [2.75, 3.05) is 11.9 Å². The third-order valence-electron chi connectivity index (χ3n) is 3.48. The fraction of sp³-hybridized carbons (Fsp3) is 0.471. The van der Waals surface area contributed by atoms with Crippen LogP contribution in [0.4, 0.5) is 5.82 Å². The summed E-state index contributed by atoms with van der Waals surface area (Å²) in [5, 5.41) is 5.26. The second kappa shape index (κ2) is 5.61. The minimum absolute atomic E-state index is 0.0321. The Morgan fingerprint density at radius 1 is 1.25 bits per heavy atom. The van der Waals surface area contributed by atoms with Gasteiger partial charge >= 0.3 is 0 Å². The number of nitrogens with one attached hydrogen (secondary N) is 1. The van der Waals surface area contributed by atoms with Gasteiger partial charge in [0.2, 0.25) is 0 Å². The topological polar surface area (TPSA) is 24.9 Å². The molecular formula is C17H23ClN2. The van der Waals surface area contributed by atoms with Gasteiger partial charge in [-0.05, 0) is 36.5 Å². The fourth-order valence-electron chi connectivity index (χ4n) is 2.31. The van der Waals surface area contributed by atoms with Gasteiger partial charge in [-0.3, -0.25) is 0 Å². The van der Waals surface area contributed by atoms with Gasteiger partial charge in [-0.1, -0.05) is 45.4 Å². The molecule has 20 heavy (non-hydrogen) atoms. The Morgan fingerprint density at radius 3 is 2.55 bits per heavy atom. The van der Waals surface area contributed by atoms with Gasteiger partial charge in [0.15, 0.2) is 0 Å². The van der Waals surface area contributed by atoms with Gasteiger partial charge in [0.25, 0.3) is 0 Å². The zero-order valence-electron chi connectivity index (χ0n) is 13.0. The number of nitrogens with zero attached hydrogens (tertiary/aromatic N) is 1. The van der Waals surface area contributed by atoms with Crippen LogP contribution in [0, 0.1) is 6.92 Å². The van der Waals surface area contributed by atoms with Crippen molar-refractivity contribution < 1.29 is 0 Å². The Kier molecular flexibility index (Phi) is 4.24. The Bertz CT molecular complexity index is 627. The molecule has 0 unspecified atom stereocenters. The van der Waals surface area contributed by atoms with Crippen LogP contribution in [0.2, 0.25) is 5.02 Å². The highest BCUT2D eigenvalue weighted by molar-refractivity contribution is 6.35. The minimum Gasteiger partial charge on any atom is -0.370 e. The highest BCUT2D eigenvalue weighted by Crippen LogP contribution is 2.34. The molecule has 1 N–H and O–H groups in total. The van der Waals surface area contributed by atoms with E-state index in [0.717, 1.165) is 40.3 Å². The van der Waals surface area contributed by atoms with Crippen LogP contribution in [0.3, 0.4) is 0 Å². The van der Waals surface area contributed by atoms with E-state index in [0.29, 0.717) is 0 Å².